The Morgan fingerprint density at radius 3 is 2.76 bits per heavy atom. The zero-order valence-electron chi connectivity index (χ0n) is 10.0. The van der Waals surface area contributed by atoms with Gasteiger partial charge in [-0.1, -0.05) is 18.6 Å². The largest absolute Gasteiger partial charge is 0.508 e. The second-order valence-electron chi connectivity index (χ2n) is 4.99. The van der Waals surface area contributed by atoms with Crippen molar-refractivity contribution in [2.75, 3.05) is 13.2 Å². The number of rotatable bonds is 1. The summed E-state index contributed by atoms with van der Waals surface area (Å²) in [6.07, 6.45) is 5.18. The molecule has 0 radical (unpaired) electrons. The van der Waals surface area contributed by atoms with Crippen molar-refractivity contribution < 1.29 is 9.84 Å². The zero-order chi connectivity index (χ0) is 11.7. The maximum atomic E-state index is 9.33. The van der Waals surface area contributed by atoms with Crippen LogP contribution in [0.2, 0.25) is 0 Å². The Bertz CT molecular complexity index is 374. The van der Waals surface area contributed by atoms with E-state index in [1.807, 2.05) is 12.1 Å². The number of ether oxygens (including phenoxy) is 1. The molecule has 17 heavy (non-hydrogen) atoms. The zero-order valence-corrected chi connectivity index (χ0v) is 10.0. The molecule has 1 N–H and O–H groups in total. The molecule has 0 unspecified atom stereocenters. The van der Waals surface area contributed by atoms with Gasteiger partial charge in [-0.15, -0.1) is 0 Å². The Morgan fingerprint density at radius 1 is 1.12 bits per heavy atom. The second-order valence-corrected chi connectivity index (χ2v) is 4.99. The van der Waals surface area contributed by atoms with Crippen LogP contribution in [0.4, 0.5) is 0 Å². The van der Waals surface area contributed by atoms with E-state index in [1.165, 1.54) is 19.3 Å². The first kappa shape index (κ1) is 11.1. The van der Waals surface area contributed by atoms with Crippen molar-refractivity contribution in [1.29, 1.82) is 0 Å². The van der Waals surface area contributed by atoms with Gasteiger partial charge >= 0.3 is 0 Å². The average molecular weight is 233 g/mol. The highest BCUT2D eigenvalue weighted by Crippen LogP contribution is 2.35. The van der Waals surface area contributed by atoms with Crippen LogP contribution in [-0.2, 0) is 4.74 Å². The Labute approximate surface area is 102 Å². The van der Waals surface area contributed by atoms with Crippen LogP contribution in [0.1, 0.15) is 37.5 Å². The first-order valence-electron chi connectivity index (χ1n) is 6.51. The minimum atomic E-state index is 0.0923. The molecule has 0 bridgehead atoms. The predicted octanol–water partition coefficient (Wildman–Crippen LogP) is 2.67. The maximum absolute atomic E-state index is 9.33. The molecule has 0 amide bonds. The van der Waals surface area contributed by atoms with Crippen molar-refractivity contribution in [3.05, 3.63) is 29.8 Å². The lowest BCUT2D eigenvalue weighted by Crippen LogP contribution is -2.47. The lowest BCUT2D eigenvalue weighted by atomic mass is 9.96. The summed E-state index contributed by atoms with van der Waals surface area (Å²) in [4.78, 5) is 2.49. The summed E-state index contributed by atoms with van der Waals surface area (Å²) in [6, 6.07) is 8.11. The average Bonchev–Trinajstić information content (AvgIpc) is 2.39. The van der Waals surface area contributed by atoms with E-state index >= 15 is 0 Å². The lowest BCUT2D eigenvalue weighted by molar-refractivity contribution is -0.136. The highest BCUT2D eigenvalue weighted by Gasteiger charge is 2.33. The fourth-order valence-electron chi connectivity index (χ4n) is 2.98. The molecular weight excluding hydrogens is 214 g/mol. The number of hydrogen-bond acceptors (Lipinski definition) is 3. The van der Waals surface area contributed by atoms with Gasteiger partial charge in [0.15, 0.2) is 0 Å². The molecule has 2 aliphatic rings. The molecule has 0 aromatic heterocycles. The van der Waals surface area contributed by atoms with Crippen molar-refractivity contribution in [3.63, 3.8) is 0 Å². The van der Waals surface area contributed by atoms with Crippen LogP contribution in [0.5, 0.6) is 5.75 Å². The third kappa shape index (κ3) is 2.17. The molecule has 1 aromatic carbocycles. The number of phenols is 1. The summed E-state index contributed by atoms with van der Waals surface area (Å²) >= 11 is 0. The Morgan fingerprint density at radius 2 is 1.94 bits per heavy atom. The van der Waals surface area contributed by atoms with Gasteiger partial charge in [0.2, 0.25) is 0 Å². The number of hydrogen-bond donors (Lipinski definition) is 1. The Hall–Kier alpha value is -1.06. The maximum Gasteiger partial charge on any atom is 0.137 e. The molecule has 2 saturated heterocycles. The van der Waals surface area contributed by atoms with Crippen molar-refractivity contribution in [2.24, 2.45) is 0 Å². The summed E-state index contributed by atoms with van der Waals surface area (Å²) < 4.78 is 5.92. The monoisotopic (exact) mass is 233 g/mol. The van der Waals surface area contributed by atoms with Gasteiger partial charge in [-0.25, -0.2) is 0 Å². The van der Waals surface area contributed by atoms with E-state index in [4.69, 9.17) is 4.74 Å². The minimum Gasteiger partial charge on any atom is -0.508 e. The molecular formula is C14H19NO2. The highest BCUT2D eigenvalue weighted by molar-refractivity contribution is 5.27. The highest BCUT2D eigenvalue weighted by atomic mass is 16.5. The molecule has 92 valence electrons. The van der Waals surface area contributed by atoms with Gasteiger partial charge < -0.3 is 9.84 Å². The van der Waals surface area contributed by atoms with Crippen LogP contribution < -0.4 is 0 Å². The lowest BCUT2D eigenvalue weighted by Gasteiger charge is -2.44. The van der Waals surface area contributed by atoms with Gasteiger partial charge in [0.25, 0.3) is 0 Å². The molecule has 0 spiro atoms. The van der Waals surface area contributed by atoms with Crippen LogP contribution in [0.15, 0.2) is 24.3 Å². The standard InChI is InChI=1S/C14H19NO2/c16-13-6-4-11(5-7-13)14-15-9-2-1-3-12(15)8-10-17-14/h4-7,12,14,16H,1-3,8-10H2/t12-,14+/m0/s1. The van der Waals surface area contributed by atoms with Crippen LogP contribution in [0.25, 0.3) is 0 Å². The molecule has 2 aliphatic heterocycles. The molecule has 1 aromatic rings. The molecule has 3 heteroatoms. The molecule has 2 fully saturated rings. The predicted molar refractivity (Wildman–Crippen MR) is 65.8 cm³/mol. The van der Waals surface area contributed by atoms with E-state index in [1.54, 1.807) is 12.1 Å². The van der Waals surface area contributed by atoms with E-state index in [0.29, 0.717) is 11.8 Å². The van der Waals surface area contributed by atoms with Crippen molar-refractivity contribution in [2.45, 2.75) is 38.0 Å². The number of nitrogens with zero attached hydrogens (tertiary/aromatic N) is 1. The van der Waals surface area contributed by atoms with E-state index in [9.17, 15) is 5.11 Å². The van der Waals surface area contributed by atoms with Crippen molar-refractivity contribution in [3.8, 4) is 5.75 Å². The first-order chi connectivity index (χ1) is 8.34. The molecule has 2 heterocycles. The third-order valence-electron chi connectivity index (χ3n) is 3.88. The molecule has 3 rings (SSSR count). The van der Waals surface area contributed by atoms with Gasteiger partial charge in [0.1, 0.15) is 12.0 Å². The molecule has 0 aliphatic carbocycles. The first-order valence-corrected chi connectivity index (χ1v) is 6.51. The van der Waals surface area contributed by atoms with Gasteiger partial charge in [0.05, 0.1) is 6.61 Å². The fraction of sp³-hybridized carbons (Fsp3) is 0.571. The molecule has 0 saturated carbocycles. The topological polar surface area (TPSA) is 32.7 Å². The quantitative estimate of drug-likeness (QED) is 0.809. The Kier molecular flexibility index (Phi) is 3.04. The van der Waals surface area contributed by atoms with Crippen LogP contribution in [0, 0.1) is 0 Å². The summed E-state index contributed by atoms with van der Waals surface area (Å²) in [6.45, 7) is 1.99. The summed E-state index contributed by atoms with van der Waals surface area (Å²) in [5.41, 5.74) is 1.16. The normalized spacial score (nSPS) is 29.9. The van der Waals surface area contributed by atoms with Gasteiger partial charge in [0, 0.05) is 12.6 Å². The van der Waals surface area contributed by atoms with E-state index < -0.39 is 0 Å². The van der Waals surface area contributed by atoms with Gasteiger partial charge in [-0.3, -0.25) is 4.90 Å². The number of benzene rings is 1. The van der Waals surface area contributed by atoms with Crippen molar-refractivity contribution in [1.82, 2.24) is 4.90 Å². The van der Waals surface area contributed by atoms with Crippen LogP contribution >= 0.6 is 0 Å². The minimum absolute atomic E-state index is 0.0923. The fourth-order valence-corrected chi connectivity index (χ4v) is 2.98. The summed E-state index contributed by atoms with van der Waals surface area (Å²) in [5.74, 6) is 0.319. The Balaban J connectivity index is 1.83. The van der Waals surface area contributed by atoms with Crippen LogP contribution in [-0.4, -0.2) is 29.2 Å². The summed E-state index contributed by atoms with van der Waals surface area (Å²) in [7, 11) is 0. The second kappa shape index (κ2) is 4.67. The van der Waals surface area contributed by atoms with Crippen LogP contribution in [0.3, 0.4) is 0 Å². The van der Waals surface area contributed by atoms with E-state index in [0.717, 1.165) is 25.1 Å². The van der Waals surface area contributed by atoms with Crippen molar-refractivity contribution >= 4 is 0 Å². The van der Waals surface area contributed by atoms with Gasteiger partial charge in [-0.2, -0.15) is 0 Å². The third-order valence-corrected chi connectivity index (χ3v) is 3.88. The van der Waals surface area contributed by atoms with E-state index in [-0.39, 0.29) is 6.23 Å². The number of phenolic OH excluding ortho intramolecular Hbond substituents is 1. The smallest absolute Gasteiger partial charge is 0.137 e. The number of fused-ring (bicyclic) bond motifs is 1. The summed E-state index contributed by atoms with van der Waals surface area (Å²) in [5, 5.41) is 9.33. The van der Waals surface area contributed by atoms with Gasteiger partial charge in [-0.05, 0) is 37.0 Å². The molecule has 3 nitrogen and oxygen atoms in total. The molecule has 2 atom stereocenters. The number of aromatic hydroxyl groups is 1. The van der Waals surface area contributed by atoms with E-state index in [2.05, 4.69) is 4.90 Å². The number of piperidine rings is 1. The SMILES string of the molecule is Oc1ccc([C@H]2OCC[C@@H]3CCCCN32)cc1.